The van der Waals surface area contributed by atoms with Crippen LogP contribution in [0.4, 0.5) is 0 Å². The molecule has 2 atom stereocenters. The highest BCUT2D eigenvalue weighted by Gasteiger charge is 2.20. The average molecular weight is 200 g/mol. The molecular formula is C10H20N2O2. The van der Waals surface area contributed by atoms with Crippen molar-refractivity contribution in [2.45, 2.75) is 44.8 Å². The summed E-state index contributed by atoms with van der Waals surface area (Å²) in [7, 11) is 0. The van der Waals surface area contributed by atoms with Gasteiger partial charge in [0.25, 0.3) is 0 Å². The minimum atomic E-state index is -0.414. The summed E-state index contributed by atoms with van der Waals surface area (Å²) in [6.07, 6.45) is 3.44. The molecule has 0 aromatic heterocycles. The smallest absolute Gasteiger partial charge is 0.237 e. The Morgan fingerprint density at radius 2 is 2.43 bits per heavy atom. The monoisotopic (exact) mass is 200 g/mol. The van der Waals surface area contributed by atoms with Crippen LogP contribution in [-0.2, 0) is 4.79 Å². The lowest BCUT2D eigenvalue weighted by Gasteiger charge is -2.23. The van der Waals surface area contributed by atoms with Gasteiger partial charge in [-0.25, -0.2) is 0 Å². The number of carbonyl (C=O) groups excluding carboxylic acids is 1. The van der Waals surface area contributed by atoms with Crippen LogP contribution in [0.5, 0.6) is 0 Å². The van der Waals surface area contributed by atoms with E-state index in [9.17, 15) is 9.90 Å². The fourth-order valence-corrected chi connectivity index (χ4v) is 1.56. The van der Waals surface area contributed by atoms with Crippen LogP contribution in [0.3, 0.4) is 0 Å². The van der Waals surface area contributed by atoms with Crippen molar-refractivity contribution in [3.63, 3.8) is 0 Å². The van der Waals surface area contributed by atoms with Gasteiger partial charge in [-0.15, -0.1) is 0 Å². The minimum absolute atomic E-state index is 0.0252. The molecule has 0 saturated carbocycles. The highest BCUT2D eigenvalue weighted by molar-refractivity contribution is 5.81. The van der Waals surface area contributed by atoms with E-state index >= 15 is 0 Å². The second-order valence-electron chi connectivity index (χ2n) is 3.81. The third-order valence-corrected chi connectivity index (χ3v) is 2.61. The van der Waals surface area contributed by atoms with Gasteiger partial charge in [0.2, 0.25) is 5.91 Å². The molecule has 1 amide bonds. The maximum absolute atomic E-state index is 11.5. The highest BCUT2D eigenvalue weighted by Crippen LogP contribution is 2.06. The molecule has 1 saturated heterocycles. The average Bonchev–Trinajstić information content (AvgIpc) is 2.26. The molecule has 0 spiro atoms. The van der Waals surface area contributed by atoms with E-state index in [1.54, 1.807) is 0 Å². The normalized spacial score (nSPS) is 24.3. The molecule has 0 radical (unpaired) electrons. The number of piperidine rings is 1. The summed E-state index contributed by atoms with van der Waals surface area (Å²) in [6, 6.07) is -0.0483. The van der Waals surface area contributed by atoms with Crippen LogP contribution in [0.25, 0.3) is 0 Å². The molecule has 3 N–H and O–H groups in total. The molecule has 0 aromatic carbocycles. The number of hydrogen-bond donors (Lipinski definition) is 3. The first kappa shape index (κ1) is 11.5. The molecule has 82 valence electrons. The van der Waals surface area contributed by atoms with Gasteiger partial charge in [-0.3, -0.25) is 4.79 Å². The molecule has 1 aliphatic heterocycles. The number of aliphatic hydroxyl groups is 1. The van der Waals surface area contributed by atoms with Crippen LogP contribution in [0.2, 0.25) is 0 Å². The van der Waals surface area contributed by atoms with Gasteiger partial charge < -0.3 is 15.7 Å². The van der Waals surface area contributed by atoms with Crippen molar-refractivity contribution in [3.05, 3.63) is 0 Å². The molecular weight excluding hydrogens is 180 g/mol. The fraction of sp³-hybridized carbons (Fsp3) is 0.900. The SMILES string of the molecule is CCC(O)CNC(=O)[C@@H]1CCCCN1. The second kappa shape index (κ2) is 5.98. The van der Waals surface area contributed by atoms with Crippen molar-refractivity contribution in [2.75, 3.05) is 13.1 Å². The topological polar surface area (TPSA) is 61.4 Å². The molecule has 0 aliphatic carbocycles. The first-order chi connectivity index (χ1) is 6.74. The lowest BCUT2D eigenvalue weighted by Crippen LogP contribution is -2.48. The molecule has 1 aliphatic rings. The van der Waals surface area contributed by atoms with E-state index in [0.29, 0.717) is 13.0 Å². The maximum atomic E-state index is 11.5. The van der Waals surface area contributed by atoms with Crippen molar-refractivity contribution in [1.82, 2.24) is 10.6 Å². The maximum Gasteiger partial charge on any atom is 0.237 e. The first-order valence-corrected chi connectivity index (χ1v) is 5.43. The summed E-state index contributed by atoms with van der Waals surface area (Å²) in [5.74, 6) is 0.0252. The Balaban J connectivity index is 2.19. The van der Waals surface area contributed by atoms with Gasteiger partial charge in [0.05, 0.1) is 12.1 Å². The van der Waals surface area contributed by atoms with Crippen LogP contribution in [0, 0.1) is 0 Å². The molecule has 1 fully saturated rings. The van der Waals surface area contributed by atoms with Crippen molar-refractivity contribution >= 4 is 5.91 Å². The fourth-order valence-electron chi connectivity index (χ4n) is 1.56. The number of hydrogen-bond acceptors (Lipinski definition) is 3. The Kier molecular flexibility index (Phi) is 4.90. The van der Waals surface area contributed by atoms with Crippen LogP contribution in [-0.4, -0.2) is 36.2 Å². The lowest BCUT2D eigenvalue weighted by molar-refractivity contribution is -0.124. The van der Waals surface area contributed by atoms with Crippen LogP contribution in [0.15, 0.2) is 0 Å². The zero-order chi connectivity index (χ0) is 10.4. The standard InChI is InChI=1S/C10H20N2O2/c1-2-8(13)7-12-10(14)9-5-3-4-6-11-9/h8-9,11,13H,2-7H2,1H3,(H,12,14)/t8?,9-/m0/s1. The third kappa shape index (κ3) is 3.64. The van der Waals surface area contributed by atoms with Crippen molar-refractivity contribution in [1.29, 1.82) is 0 Å². The zero-order valence-electron chi connectivity index (χ0n) is 8.75. The van der Waals surface area contributed by atoms with E-state index < -0.39 is 6.10 Å². The molecule has 4 nitrogen and oxygen atoms in total. The van der Waals surface area contributed by atoms with E-state index in [-0.39, 0.29) is 11.9 Å². The molecule has 1 unspecified atom stereocenters. The van der Waals surface area contributed by atoms with E-state index in [2.05, 4.69) is 10.6 Å². The summed E-state index contributed by atoms with van der Waals surface area (Å²) in [5.41, 5.74) is 0. The Morgan fingerprint density at radius 3 is 3.00 bits per heavy atom. The van der Waals surface area contributed by atoms with Gasteiger partial charge in [0, 0.05) is 6.54 Å². The first-order valence-electron chi connectivity index (χ1n) is 5.43. The highest BCUT2D eigenvalue weighted by atomic mass is 16.3. The molecule has 1 rings (SSSR count). The summed E-state index contributed by atoms with van der Waals surface area (Å²) >= 11 is 0. The molecule has 4 heteroatoms. The van der Waals surface area contributed by atoms with Gasteiger partial charge in [-0.05, 0) is 25.8 Å². The minimum Gasteiger partial charge on any atom is -0.391 e. The van der Waals surface area contributed by atoms with Crippen molar-refractivity contribution in [3.8, 4) is 0 Å². The lowest BCUT2D eigenvalue weighted by atomic mass is 10.0. The summed E-state index contributed by atoms with van der Waals surface area (Å²) in [5, 5.41) is 15.2. The van der Waals surface area contributed by atoms with Crippen molar-refractivity contribution < 1.29 is 9.90 Å². The molecule has 14 heavy (non-hydrogen) atoms. The summed E-state index contributed by atoms with van der Waals surface area (Å²) in [4.78, 5) is 11.5. The van der Waals surface area contributed by atoms with Gasteiger partial charge in [-0.2, -0.15) is 0 Å². The number of carbonyl (C=O) groups is 1. The number of aliphatic hydroxyl groups excluding tert-OH is 1. The Labute approximate surface area is 85.1 Å². The van der Waals surface area contributed by atoms with E-state index in [4.69, 9.17) is 0 Å². The molecule has 0 aromatic rings. The Morgan fingerprint density at radius 1 is 1.64 bits per heavy atom. The summed E-state index contributed by atoms with van der Waals surface area (Å²) < 4.78 is 0. The van der Waals surface area contributed by atoms with Gasteiger partial charge in [0.15, 0.2) is 0 Å². The number of nitrogens with one attached hydrogen (secondary N) is 2. The van der Waals surface area contributed by atoms with E-state index in [1.165, 1.54) is 0 Å². The quantitative estimate of drug-likeness (QED) is 0.599. The zero-order valence-corrected chi connectivity index (χ0v) is 8.75. The third-order valence-electron chi connectivity index (χ3n) is 2.61. The van der Waals surface area contributed by atoms with E-state index in [0.717, 1.165) is 25.8 Å². The predicted octanol–water partition coefficient (Wildman–Crippen LogP) is 0.0156. The van der Waals surface area contributed by atoms with Crippen LogP contribution >= 0.6 is 0 Å². The number of amides is 1. The van der Waals surface area contributed by atoms with Gasteiger partial charge in [-0.1, -0.05) is 13.3 Å². The molecule has 1 heterocycles. The van der Waals surface area contributed by atoms with Crippen LogP contribution < -0.4 is 10.6 Å². The van der Waals surface area contributed by atoms with Gasteiger partial charge >= 0.3 is 0 Å². The largest absolute Gasteiger partial charge is 0.391 e. The van der Waals surface area contributed by atoms with Crippen LogP contribution in [0.1, 0.15) is 32.6 Å². The second-order valence-corrected chi connectivity index (χ2v) is 3.81. The Bertz CT molecular complexity index is 179. The predicted molar refractivity (Wildman–Crippen MR) is 54.9 cm³/mol. The van der Waals surface area contributed by atoms with E-state index in [1.807, 2.05) is 6.92 Å². The van der Waals surface area contributed by atoms with Gasteiger partial charge in [0.1, 0.15) is 0 Å². The van der Waals surface area contributed by atoms with Crippen molar-refractivity contribution in [2.24, 2.45) is 0 Å². The number of rotatable bonds is 4. The Hall–Kier alpha value is -0.610. The summed E-state index contributed by atoms with van der Waals surface area (Å²) in [6.45, 7) is 3.19. The molecule has 0 bridgehead atoms.